The lowest BCUT2D eigenvalue weighted by Gasteiger charge is -2.68. The molecule has 6 rings (SSSR count). The molecular formula is C29H44O12. The minimum absolute atomic E-state index is 0.0369. The van der Waals surface area contributed by atoms with Crippen LogP contribution in [-0.4, -0.2) is 120 Å². The molecule has 2 aliphatic heterocycles. The summed E-state index contributed by atoms with van der Waals surface area (Å²) < 4.78 is 16.7. The summed E-state index contributed by atoms with van der Waals surface area (Å²) >= 11 is 0. The Bertz CT molecular complexity index is 1080. The van der Waals surface area contributed by atoms with Crippen molar-refractivity contribution in [3.05, 3.63) is 11.6 Å². The van der Waals surface area contributed by atoms with E-state index in [9.17, 15) is 45.6 Å². The quantitative estimate of drug-likeness (QED) is 0.140. The molecule has 1 saturated heterocycles. The molecule has 41 heavy (non-hydrogen) atoms. The van der Waals surface area contributed by atoms with Crippen molar-refractivity contribution in [3.8, 4) is 0 Å². The first-order valence-corrected chi connectivity index (χ1v) is 14.9. The number of esters is 1. The number of carbonyl (C=O) groups excluding carboxylic acids is 1. The van der Waals surface area contributed by atoms with Crippen LogP contribution in [0.15, 0.2) is 11.6 Å². The molecule has 0 unspecified atom stereocenters. The second kappa shape index (κ2) is 9.91. The van der Waals surface area contributed by atoms with Crippen molar-refractivity contribution in [2.75, 3.05) is 13.2 Å². The van der Waals surface area contributed by atoms with Crippen molar-refractivity contribution >= 4 is 5.97 Å². The van der Waals surface area contributed by atoms with Gasteiger partial charge in [0.15, 0.2) is 6.29 Å². The van der Waals surface area contributed by atoms with E-state index in [1.807, 2.05) is 6.92 Å². The molecule has 15 atom stereocenters. The van der Waals surface area contributed by atoms with E-state index in [-0.39, 0.29) is 38.2 Å². The third-order valence-electron chi connectivity index (χ3n) is 12.2. The molecule has 0 bridgehead atoms. The van der Waals surface area contributed by atoms with Crippen LogP contribution < -0.4 is 0 Å². The molecule has 12 nitrogen and oxygen atoms in total. The third-order valence-corrected chi connectivity index (χ3v) is 12.2. The first-order valence-electron chi connectivity index (χ1n) is 14.9. The van der Waals surface area contributed by atoms with Gasteiger partial charge in [0.05, 0.1) is 47.6 Å². The molecule has 0 aromatic rings. The Morgan fingerprint density at radius 1 is 1.02 bits per heavy atom. The fraction of sp³-hybridized carbons (Fsp3) is 0.897. The summed E-state index contributed by atoms with van der Waals surface area (Å²) in [6.45, 7) is 3.00. The molecule has 0 aromatic carbocycles. The lowest BCUT2D eigenvalue weighted by Crippen LogP contribution is -2.76. The summed E-state index contributed by atoms with van der Waals surface area (Å²) in [5.74, 6) is -1.93. The number of aliphatic hydroxyl groups is 8. The van der Waals surface area contributed by atoms with Gasteiger partial charge in [0, 0.05) is 30.3 Å². The van der Waals surface area contributed by atoms with Crippen molar-refractivity contribution in [3.63, 3.8) is 0 Å². The van der Waals surface area contributed by atoms with Gasteiger partial charge < -0.3 is 55.1 Å². The number of hydrogen-bond acceptors (Lipinski definition) is 12. The van der Waals surface area contributed by atoms with Crippen LogP contribution >= 0.6 is 0 Å². The molecule has 5 fully saturated rings. The van der Waals surface area contributed by atoms with E-state index in [0.29, 0.717) is 19.3 Å². The minimum Gasteiger partial charge on any atom is -0.458 e. The van der Waals surface area contributed by atoms with E-state index in [0.717, 1.165) is 5.57 Å². The van der Waals surface area contributed by atoms with E-state index in [1.165, 1.54) is 13.0 Å². The number of fused-ring (bicyclic) bond motifs is 5. The summed E-state index contributed by atoms with van der Waals surface area (Å²) in [6.07, 6.45) is -6.68. The van der Waals surface area contributed by atoms with E-state index >= 15 is 0 Å². The number of carbonyl (C=O) groups is 1. The fourth-order valence-electron chi connectivity index (χ4n) is 10.1. The molecule has 4 saturated carbocycles. The SMILES string of the molecule is C[C@H]1O[C@@H](O[C@H]2C[C@@H](O)[C@]3(CO)[C@@H]4[C@H](O)C[C@]5(C)[C@@H](C6=CC(=O)OC6)CC[C@]5(O)[C@H]4CC[C@]3(O)C2)[C@@H](O)[C@@H](O)[C@@H]1O. The van der Waals surface area contributed by atoms with Crippen molar-refractivity contribution < 1.29 is 59.9 Å². The van der Waals surface area contributed by atoms with Gasteiger partial charge in [0.25, 0.3) is 0 Å². The summed E-state index contributed by atoms with van der Waals surface area (Å²) in [5.41, 5.74) is -4.46. The summed E-state index contributed by atoms with van der Waals surface area (Å²) in [6, 6.07) is 0. The maximum atomic E-state index is 12.4. The van der Waals surface area contributed by atoms with E-state index in [1.54, 1.807) is 0 Å². The van der Waals surface area contributed by atoms with Crippen molar-refractivity contribution in [2.24, 2.45) is 28.6 Å². The van der Waals surface area contributed by atoms with Crippen LogP contribution in [0.3, 0.4) is 0 Å². The van der Waals surface area contributed by atoms with Gasteiger partial charge in [-0.25, -0.2) is 4.79 Å². The van der Waals surface area contributed by atoms with Gasteiger partial charge in [-0.05, 0) is 56.4 Å². The van der Waals surface area contributed by atoms with Gasteiger partial charge in [0.2, 0.25) is 0 Å². The molecule has 12 heteroatoms. The van der Waals surface area contributed by atoms with Gasteiger partial charge >= 0.3 is 5.97 Å². The molecule has 232 valence electrons. The minimum atomic E-state index is -1.67. The summed E-state index contributed by atoms with van der Waals surface area (Å²) in [4.78, 5) is 11.8. The zero-order valence-corrected chi connectivity index (χ0v) is 23.5. The van der Waals surface area contributed by atoms with Crippen LogP contribution in [0.25, 0.3) is 0 Å². The number of aliphatic hydroxyl groups excluding tert-OH is 6. The maximum absolute atomic E-state index is 12.4. The fourth-order valence-corrected chi connectivity index (χ4v) is 10.1. The van der Waals surface area contributed by atoms with Crippen molar-refractivity contribution in [1.29, 1.82) is 0 Å². The Kier molecular flexibility index (Phi) is 7.22. The molecule has 2 heterocycles. The molecule has 4 aliphatic carbocycles. The van der Waals surface area contributed by atoms with Crippen LogP contribution in [-0.2, 0) is 19.0 Å². The standard InChI is InChI=1S/C29H44O12/c1-13-22(34)23(35)24(36)25(40-13)41-15-8-19(32)28(12-30)21-17(3-5-27(28,37)9-15)29(38)6-4-16(14-7-20(33)39-11-14)26(29,2)10-18(21)31/h7,13,15-19,21-25,30-32,34-38H,3-6,8-12H2,1-2H3/t13-,15+,16-,17+,18-,19-,21+,22-,23+,24+,25+,26-,27+,28-,29+/m1/s1. The first kappa shape index (κ1) is 29.9. The average Bonchev–Trinajstić information content (AvgIpc) is 3.45. The van der Waals surface area contributed by atoms with Gasteiger partial charge in [-0.1, -0.05) is 6.92 Å². The topological polar surface area (TPSA) is 207 Å². The Morgan fingerprint density at radius 2 is 1.76 bits per heavy atom. The van der Waals surface area contributed by atoms with Gasteiger partial charge in [-0.2, -0.15) is 0 Å². The summed E-state index contributed by atoms with van der Waals surface area (Å²) in [5, 5.41) is 89.6. The maximum Gasteiger partial charge on any atom is 0.331 e. The van der Waals surface area contributed by atoms with Crippen LogP contribution in [0, 0.1) is 28.6 Å². The highest BCUT2D eigenvalue weighted by atomic mass is 16.7. The Balaban J connectivity index is 1.28. The van der Waals surface area contributed by atoms with Crippen molar-refractivity contribution in [2.45, 2.75) is 119 Å². The predicted molar refractivity (Wildman–Crippen MR) is 139 cm³/mol. The highest BCUT2D eigenvalue weighted by Gasteiger charge is 2.75. The molecule has 0 aromatic heterocycles. The van der Waals surface area contributed by atoms with E-state index < -0.39 is 95.5 Å². The monoisotopic (exact) mass is 584 g/mol. The van der Waals surface area contributed by atoms with Gasteiger partial charge in [-0.15, -0.1) is 0 Å². The van der Waals surface area contributed by atoms with Crippen LogP contribution in [0.4, 0.5) is 0 Å². The zero-order chi connectivity index (χ0) is 29.7. The number of cyclic esters (lactones) is 1. The number of hydrogen-bond donors (Lipinski definition) is 8. The van der Waals surface area contributed by atoms with Crippen molar-refractivity contribution in [1.82, 2.24) is 0 Å². The lowest BCUT2D eigenvalue weighted by atomic mass is 9.40. The predicted octanol–water partition coefficient (Wildman–Crippen LogP) is -1.51. The van der Waals surface area contributed by atoms with Crippen LogP contribution in [0.2, 0.25) is 0 Å². The first-order chi connectivity index (χ1) is 19.2. The molecule has 0 radical (unpaired) electrons. The zero-order valence-electron chi connectivity index (χ0n) is 23.5. The Labute approximate surface area is 238 Å². The van der Waals surface area contributed by atoms with Gasteiger partial charge in [0.1, 0.15) is 24.9 Å². The molecule has 0 amide bonds. The average molecular weight is 585 g/mol. The number of ether oxygens (including phenoxy) is 3. The third kappa shape index (κ3) is 3.99. The lowest BCUT2D eigenvalue weighted by molar-refractivity contribution is -0.342. The second-order valence-corrected chi connectivity index (χ2v) is 13.8. The summed E-state index contributed by atoms with van der Waals surface area (Å²) in [7, 11) is 0. The van der Waals surface area contributed by atoms with Gasteiger partial charge in [-0.3, -0.25) is 0 Å². The van der Waals surface area contributed by atoms with Crippen LogP contribution in [0.5, 0.6) is 0 Å². The largest absolute Gasteiger partial charge is 0.458 e. The Hall–Kier alpha value is -1.19. The molecule has 0 spiro atoms. The van der Waals surface area contributed by atoms with Crippen LogP contribution in [0.1, 0.15) is 58.8 Å². The molecule has 8 N–H and O–H groups in total. The second-order valence-electron chi connectivity index (χ2n) is 13.8. The Morgan fingerprint density at radius 3 is 2.41 bits per heavy atom. The highest BCUT2D eigenvalue weighted by Crippen LogP contribution is 2.70. The smallest absolute Gasteiger partial charge is 0.331 e. The molecule has 6 aliphatic rings. The highest BCUT2D eigenvalue weighted by molar-refractivity contribution is 5.85. The molecular weight excluding hydrogens is 540 g/mol. The number of rotatable bonds is 4. The van der Waals surface area contributed by atoms with E-state index in [2.05, 4.69) is 0 Å². The normalized spacial score (nSPS) is 56.9. The van der Waals surface area contributed by atoms with E-state index in [4.69, 9.17) is 14.2 Å².